The summed E-state index contributed by atoms with van der Waals surface area (Å²) in [7, 11) is 1.67. The third-order valence-corrected chi connectivity index (χ3v) is 4.78. The van der Waals surface area contributed by atoms with Crippen molar-refractivity contribution in [3.05, 3.63) is 28.2 Å². The maximum absolute atomic E-state index is 9.85. The largest absolute Gasteiger partial charge is 0.496 e. The van der Waals surface area contributed by atoms with Crippen LogP contribution in [0.5, 0.6) is 5.75 Å². The van der Waals surface area contributed by atoms with Crippen LogP contribution < -0.4 is 10.1 Å². The van der Waals surface area contributed by atoms with Crippen LogP contribution in [-0.2, 0) is 0 Å². The molecule has 0 aliphatic carbocycles. The summed E-state index contributed by atoms with van der Waals surface area (Å²) < 4.78 is 6.27. The van der Waals surface area contributed by atoms with E-state index in [2.05, 4.69) is 52.1 Å². The second-order valence-electron chi connectivity index (χ2n) is 6.23. The normalized spacial score (nSPS) is 18.5. The van der Waals surface area contributed by atoms with Gasteiger partial charge in [-0.1, -0.05) is 19.9 Å². The fourth-order valence-corrected chi connectivity index (χ4v) is 3.59. The first kappa shape index (κ1) is 16.7. The molecule has 1 saturated heterocycles. The van der Waals surface area contributed by atoms with Gasteiger partial charge in [0.2, 0.25) is 0 Å². The van der Waals surface area contributed by atoms with Crippen molar-refractivity contribution in [1.82, 2.24) is 10.2 Å². The Morgan fingerprint density at radius 3 is 2.57 bits per heavy atom. The molecule has 0 unspecified atom stereocenters. The SMILES string of the molecule is COc1ccc([C@@H](N2CCNCC2)C(C)(C)CO)cc1Br. The van der Waals surface area contributed by atoms with Crippen LogP contribution in [0.3, 0.4) is 0 Å². The number of aliphatic hydroxyl groups excluding tert-OH is 1. The van der Waals surface area contributed by atoms with Crippen molar-refractivity contribution in [2.24, 2.45) is 5.41 Å². The van der Waals surface area contributed by atoms with Crippen LogP contribution in [0.4, 0.5) is 0 Å². The quantitative estimate of drug-likeness (QED) is 0.850. The smallest absolute Gasteiger partial charge is 0.133 e. The summed E-state index contributed by atoms with van der Waals surface area (Å²) in [6, 6.07) is 6.39. The lowest BCUT2D eigenvalue weighted by Crippen LogP contribution is -2.49. The fraction of sp³-hybridized carbons (Fsp3) is 0.625. The van der Waals surface area contributed by atoms with Crippen molar-refractivity contribution < 1.29 is 9.84 Å². The molecule has 1 heterocycles. The van der Waals surface area contributed by atoms with E-state index in [1.165, 1.54) is 5.56 Å². The second kappa shape index (κ2) is 7.09. The third-order valence-electron chi connectivity index (χ3n) is 4.16. The molecule has 1 aliphatic rings. The topological polar surface area (TPSA) is 44.7 Å². The number of benzene rings is 1. The van der Waals surface area contributed by atoms with Gasteiger partial charge in [-0.25, -0.2) is 0 Å². The van der Waals surface area contributed by atoms with Gasteiger partial charge in [-0.3, -0.25) is 4.90 Å². The number of hydrogen-bond donors (Lipinski definition) is 2. The van der Waals surface area contributed by atoms with Gasteiger partial charge in [-0.2, -0.15) is 0 Å². The van der Waals surface area contributed by atoms with Crippen molar-refractivity contribution in [3.8, 4) is 5.75 Å². The van der Waals surface area contributed by atoms with Gasteiger partial charge in [0.15, 0.2) is 0 Å². The van der Waals surface area contributed by atoms with Gasteiger partial charge in [0.25, 0.3) is 0 Å². The minimum absolute atomic E-state index is 0.158. The molecule has 1 aliphatic heterocycles. The number of rotatable bonds is 5. The minimum Gasteiger partial charge on any atom is -0.496 e. The molecular formula is C16H25BrN2O2. The standard InChI is InChI=1S/C16H25BrN2O2/c1-16(2,11-20)15(19-8-6-18-7-9-19)12-4-5-14(21-3)13(17)10-12/h4-5,10,15,18,20H,6-9,11H2,1-3H3/t15-/m1/s1. The van der Waals surface area contributed by atoms with Crippen molar-refractivity contribution in [2.75, 3.05) is 39.9 Å². The first-order chi connectivity index (χ1) is 9.99. The summed E-state index contributed by atoms with van der Waals surface area (Å²) in [6.45, 7) is 8.39. The maximum atomic E-state index is 9.85. The first-order valence-electron chi connectivity index (χ1n) is 7.38. The lowest BCUT2D eigenvalue weighted by Gasteiger charge is -2.43. The summed E-state index contributed by atoms with van der Waals surface area (Å²) in [5.74, 6) is 0.833. The number of nitrogens with one attached hydrogen (secondary N) is 1. The highest BCUT2D eigenvalue weighted by molar-refractivity contribution is 9.10. The molecule has 21 heavy (non-hydrogen) atoms. The van der Waals surface area contributed by atoms with E-state index in [1.54, 1.807) is 7.11 Å². The minimum atomic E-state index is -0.203. The number of hydrogen-bond acceptors (Lipinski definition) is 4. The second-order valence-corrected chi connectivity index (χ2v) is 7.08. The molecule has 5 heteroatoms. The van der Waals surface area contributed by atoms with Gasteiger partial charge in [0, 0.05) is 44.2 Å². The molecular weight excluding hydrogens is 332 g/mol. The van der Waals surface area contributed by atoms with Crippen LogP contribution >= 0.6 is 15.9 Å². The Kier molecular flexibility index (Phi) is 5.66. The number of methoxy groups -OCH3 is 1. The van der Waals surface area contributed by atoms with E-state index in [-0.39, 0.29) is 18.1 Å². The van der Waals surface area contributed by atoms with E-state index in [9.17, 15) is 5.11 Å². The Bertz CT molecular complexity index is 473. The van der Waals surface area contributed by atoms with E-state index >= 15 is 0 Å². The zero-order valence-corrected chi connectivity index (χ0v) is 14.6. The van der Waals surface area contributed by atoms with Gasteiger partial charge >= 0.3 is 0 Å². The van der Waals surface area contributed by atoms with Gasteiger partial charge in [-0.15, -0.1) is 0 Å². The summed E-state index contributed by atoms with van der Waals surface area (Å²) in [6.07, 6.45) is 0. The lowest BCUT2D eigenvalue weighted by atomic mass is 9.79. The highest BCUT2D eigenvalue weighted by Gasteiger charge is 2.35. The third kappa shape index (κ3) is 3.77. The van der Waals surface area contributed by atoms with E-state index in [1.807, 2.05) is 6.07 Å². The summed E-state index contributed by atoms with van der Waals surface area (Å²) in [5, 5.41) is 13.2. The Labute approximate surface area is 135 Å². The summed E-state index contributed by atoms with van der Waals surface area (Å²) >= 11 is 3.57. The van der Waals surface area contributed by atoms with Crippen molar-refractivity contribution >= 4 is 15.9 Å². The van der Waals surface area contributed by atoms with E-state index < -0.39 is 0 Å². The van der Waals surface area contributed by atoms with Crippen LogP contribution in [0, 0.1) is 5.41 Å². The van der Waals surface area contributed by atoms with E-state index in [0.717, 1.165) is 36.4 Å². The number of aliphatic hydroxyl groups is 1. The molecule has 2 N–H and O–H groups in total. The van der Waals surface area contributed by atoms with Crippen molar-refractivity contribution in [3.63, 3.8) is 0 Å². The van der Waals surface area contributed by atoms with Crippen molar-refractivity contribution in [1.29, 1.82) is 0 Å². The number of ether oxygens (including phenoxy) is 1. The van der Waals surface area contributed by atoms with Gasteiger partial charge in [-0.05, 0) is 33.6 Å². The lowest BCUT2D eigenvalue weighted by molar-refractivity contribution is 0.0305. The van der Waals surface area contributed by atoms with Crippen LogP contribution in [0.1, 0.15) is 25.5 Å². The molecule has 1 aromatic rings. The molecule has 0 amide bonds. The Balaban J connectivity index is 2.36. The molecule has 0 bridgehead atoms. The van der Waals surface area contributed by atoms with E-state index in [4.69, 9.17) is 4.74 Å². The van der Waals surface area contributed by atoms with Gasteiger partial charge < -0.3 is 15.2 Å². The zero-order chi connectivity index (χ0) is 15.5. The van der Waals surface area contributed by atoms with Crippen LogP contribution in [-0.4, -0.2) is 49.9 Å². The van der Waals surface area contributed by atoms with Crippen LogP contribution in [0.15, 0.2) is 22.7 Å². The molecule has 0 spiro atoms. The average Bonchev–Trinajstić information content (AvgIpc) is 2.48. The number of halogens is 1. The van der Waals surface area contributed by atoms with E-state index in [0.29, 0.717) is 0 Å². The summed E-state index contributed by atoms with van der Waals surface area (Å²) in [5.41, 5.74) is 1.01. The molecule has 118 valence electrons. The molecule has 0 radical (unpaired) electrons. The van der Waals surface area contributed by atoms with Crippen LogP contribution in [0.25, 0.3) is 0 Å². The molecule has 1 atom stereocenters. The van der Waals surface area contributed by atoms with Crippen LogP contribution in [0.2, 0.25) is 0 Å². The number of piperazine rings is 1. The molecule has 0 saturated carbocycles. The first-order valence-corrected chi connectivity index (χ1v) is 8.18. The monoisotopic (exact) mass is 356 g/mol. The number of nitrogens with zero attached hydrogens (tertiary/aromatic N) is 1. The predicted octanol–water partition coefficient (Wildman–Crippen LogP) is 2.42. The maximum Gasteiger partial charge on any atom is 0.133 e. The molecule has 2 rings (SSSR count). The summed E-state index contributed by atoms with van der Waals surface area (Å²) in [4.78, 5) is 2.46. The highest BCUT2D eigenvalue weighted by Crippen LogP contribution is 2.40. The Morgan fingerprint density at radius 2 is 2.05 bits per heavy atom. The Morgan fingerprint density at radius 1 is 1.38 bits per heavy atom. The van der Waals surface area contributed by atoms with Crippen molar-refractivity contribution in [2.45, 2.75) is 19.9 Å². The molecule has 0 aromatic heterocycles. The van der Waals surface area contributed by atoms with Gasteiger partial charge in [0.05, 0.1) is 11.6 Å². The zero-order valence-electron chi connectivity index (χ0n) is 13.0. The Hall–Kier alpha value is -0.620. The predicted molar refractivity (Wildman–Crippen MR) is 88.7 cm³/mol. The van der Waals surface area contributed by atoms with Gasteiger partial charge in [0.1, 0.15) is 5.75 Å². The highest BCUT2D eigenvalue weighted by atomic mass is 79.9. The molecule has 1 aromatic carbocycles. The molecule has 1 fully saturated rings. The average molecular weight is 357 g/mol. The fourth-order valence-electron chi connectivity index (χ4n) is 3.04. The molecule has 4 nitrogen and oxygen atoms in total.